The quantitative estimate of drug-likeness (QED) is 0.886. The number of rotatable bonds is 2. The van der Waals surface area contributed by atoms with Crippen molar-refractivity contribution in [1.82, 2.24) is 10.2 Å². The van der Waals surface area contributed by atoms with Crippen LogP contribution in [0.3, 0.4) is 0 Å². The summed E-state index contributed by atoms with van der Waals surface area (Å²) in [5.41, 5.74) is 0.981. The van der Waals surface area contributed by atoms with Crippen molar-refractivity contribution in [1.29, 1.82) is 0 Å². The average Bonchev–Trinajstić information content (AvgIpc) is 2.89. The van der Waals surface area contributed by atoms with Crippen molar-refractivity contribution < 1.29 is 14.3 Å². The molecule has 0 radical (unpaired) electrons. The zero-order valence-electron chi connectivity index (χ0n) is 11.2. The molecular weight excluding hydrogens is 256 g/mol. The normalized spacial score (nSPS) is 25.0. The highest BCUT2D eigenvalue weighted by Crippen LogP contribution is 2.28. The molecule has 106 valence electrons. The van der Waals surface area contributed by atoms with Gasteiger partial charge in [0.2, 0.25) is 5.91 Å². The lowest BCUT2D eigenvalue weighted by molar-refractivity contribution is -0.124. The van der Waals surface area contributed by atoms with Crippen molar-refractivity contribution in [2.45, 2.75) is 13.0 Å². The molecule has 5 nitrogen and oxygen atoms in total. The van der Waals surface area contributed by atoms with Gasteiger partial charge in [-0.2, -0.15) is 0 Å². The number of hydrogen-bond acceptors (Lipinski definition) is 3. The first-order valence-corrected chi connectivity index (χ1v) is 6.94. The van der Waals surface area contributed by atoms with Crippen LogP contribution in [-0.2, 0) is 16.1 Å². The monoisotopic (exact) mass is 274 g/mol. The largest absolute Gasteiger partial charge is 0.445 e. The fraction of sp³-hybridized carbons (Fsp3) is 0.467. The number of ether oxygens (including phenoxy) is 1. The lowest BCUT2D eigenvalue weighted by atomic mass is 9.89. The van der Waals surface area contributed by atoms with E-state index in [-0.39, 0.29) is 17.9 Å². The molecule has 0 aromatic heterocycles. The molecule has 1 N–H and O–H groups in total. The number of amides is 2. The second-order valence-corrected chi connectivity index (χ2v) is 5.47. The molecule has 2 saturated heterocycles. The number of likely N-dealkylation sites (tertiary alicyclic amines) is 1. The second kappa shape index (κ2) is 5.53. The van der Waals surface area contributed by atoms with Gasteiger partial charge in [0, 0.05) is 26.1 Å². The molecular formula is C15H18N2O3. The predicted octanol–water partition coefficient (Wildman–Crippen LogP) is 1.39. The third kappa shape index (κ3) is 2.76. The summed E-state index contributed by atoms with van der Waals surface area (Å²) in [7, 11) is 0. The molecule has 2 atom stereocenters. The van der Waals surface area contributed by atoms with Crippen molar-refractivity contribution in [3.63, 3.8) is 0 Å². The van der Waals surface area contributed by atoms with E-state index in [1.807, 2.05) is 30.3 Å². The summed E-state index contributed by atoms with van der Waals surface area (Å²) in [4.78, 5) is 25.1. The fourth-order valence-electron chi connectivity index (χ4n) is 2.92. The SMILES string of the molecule is O=C1CC2CN(C(=O)OCc3ccccc3)CC2CN1. The topological polar surface area (TPSA) is 58.6 Å². The van der Waals surface area contributed by atoms with E-state index in [2.05, 4.69) is 5.32 Å². The van der Waals surface area contributed by atoms with E-state index in [0.717, 1.165) is 5.56 Å². The summed E-state index contributed by atoms with van der Waals surface area (Å²) in [5, 5.41) is 2.85. The Balaban J connectivity index is 1.52. The highest BCUT2D eigenvalue weighted by Gasteiger charge is 2.39. The predicted molar refractivity (Wildman–Crippen MR) is 72.8 cm³/mol. The maximum absolute atomic E-state index is 12.0. The molecule has 2 heterocycles. The van der Waals surface area contributed by atoms with Crippen LogP contribution in [0.4, 0.5) is 4.79 Å². The molecule has 1 aromatic carbocycles. The third-order valence-corrected chi connectivity index (χ3v) is 4.05. The Morgan fingerprint density at radius 2 is 2.00 bits per heavy atom. The maximum atomic E-state index is 12.0. The van der Waals surface area contributed by atoms with E-state index >= 15 is 0 Å². The van der Waals surface area contributed by atoms with Gasteiger partial charge in [-0.05, 0) is 17.4 Å². The molecule has 3 rings (SSSR count). The van der Waals surface area contributed by atoms with Gasteiger partial charge in [0.05, 0.1) is 0 Å². The van der Waals surface area contributed by atoms with Gasteiger partial charge in [-0.3, -0.25) is 4.79 Å². The Morgan fingerprint density at radius 1 is 1.25 bits per heavy atom. The molecule has 0 aliphatic carbocycles. The van der Waals surface area contributed by atoms with Crippen LogP contribution < -0.4 is 5.32 Å². The summed E-state index contributed by atoms with van der Waals surface area (Å²) in [6.45, 7) is 2.28. The van der Waals surface area contributed by atoms with Crippen LogP contribution in [0.5, 0.6) is 0 Å². The van der Waals surface area contributed by atoms with Crippen LogP contribution >= 0.6 is 0 Å². The van der Waals surface area contributed by atoms with Crippen molar-refractivity contribution >= 4 is 12.0 Å². The lowest BCUT2D eigenvalue weighted by Gasteiger charge is -2.23. The van der Waals surface area contributed by atoms with Gasteiger partial charge in [-0.1, -0.05) is 30.3 Å². The van der Waals surface area contributed by atoms with Crippen LogP contribution in [0.15, 0.2) is 30.3 Å². The summed E-state index contributed by atoms with van der Waals surface area (Å²) in [6.07, 6.45) is 0.239. The Bertz CT molecular complexity index is 503. The number of hydrogen-bond donors (Lipinski definition) is 1. The van der Waals surface area contributed by atoms with Crippen LogP contribution in [0.2, 0.25) is 0 Å². The van der Waals surface area contributed by atoms with E-state index in [1.165, 1.54) is 0 Å². The third-order valence-electron chi connectivity index (χ3n) is 4.05. The number of nitrogens with zero attached hydrogens (tertiary/aromatic N) is 1. The number of piperidine rings is 1. The first kappa shape index (κ1) is 13.0. The molecule has 0 spiro atoms. The summed E-state index contributed by atoms with van der Waals surface area (Å²) in [5.74, 6) is 0.746. The zero-order valence-corrected chi connectivity index (χ0v) is 11.2. The Labute approximate surface area is 117 Å². The number of carbonyl (C=O) groups is 2. The molecule has 0 bridgehead atoms. The van der Waals surface area contributed by atoms with Crippen LogP contribution in [-0.4, -0.2) is 36.5 Å². The van der Waals surface area contributed by atoms with E-state index in [4.69, 9.17) is 4.74 Å². The van der Waals surface area contributed by atoms with Gasteiger partial charge in [0.15, 0.2) is 0 Å². The van der Waals surface area contributed by atoms with Gasteiger partial charge >= 0.3 is 6.09 Å². The molecule has 2 amide bonds. The average molecular weight is 274 g/mol. The maximum Gasteiger partial charge on any atom is 0.410 e. The Hall–Kier alpha value is -2.04. The minimum atomic E-state index is -0.282. The van der Waals surface area contributed by atoms with Crippen LogP contribution in [0.25, 0.3) is 0 Å². The highest BCUT2D eigenvalue weighted by atomic mass is 16.6. The summed E-state index contributed by atoms with van der Waals surface area (Å²) < 4.78 is 5.33. The van der Waals surface area contributed by atoms with Crippen molar-refractivity contribution in [3.05, 3.63) is 35.9 Å². The molecule has 0 saturated carbocycles. The molecule has 2 unspecified atom stereocenters. The highest BCUT2D eigenvalue weighted by molar-refractivity contribution is 5.77. The standard InChI is InChI=1S/C15H18N2O3/c18-14-6-12-8-17(9-13(12)7-16-14)15(19)20-10-11-4-2-1-3-5-11/h1-5,12-13H,6-10H2,(H,16,18). The minimum absolute atomic E-state index is 0.0887. The number of carbonyl (C=O) groups excluding carboxylic acids is 2. The van der Waals surface area contributed by atoms with Gasteiger partial charge < -0.3 is 15.0 Å². The van der Waals surface area contributed by atoms with Crippen LogP contribution in [0.1, 0.15) is 12.0 Å². The minimum Gasteiger partial charge on any atom is -0.445 e. The van der Waals surface area contributed by atoms with Crippen molar-refractivity contribution in [2.24, 2.45) is 11.8 Å². The summed E-state index contributed by atoms with van der Waals surface area (Å²) >= 11 is 0. The number of nitrogens with one attached hydrogen (secondary N) is 1. The van der Waals surface area contributed by atoms with Crippen molar-refractivity contribution in [2.75, 3.05) is 19.6 Å². The molecule has 2 aliphatic rings. The summed E-state index contributed by atoms with van der Waals surface area (Å²) in [6, 6.07) is 9.63. The van der Waals surface area contributed by atoms with E-state index < -0.39 is 0 Å². The van der Waals surface area contributed by atoms with Gasteiger partial charge in [-0.15, -0.1) is 0 Å². The van der Waals surface area contributed by atoms with E-state index in [0.29, 0.717) is 38.6 Å². The molecule has 2 aliphatic heterocycles. The molecule has 5 heteroatoms. The molecule has 2 fully saturated rings. The van der Waals surface area contributed by atoms with E-state index in [1.54, 1.807) is 4.90 Å². The molecule has 20 heavy (non-hydrogen) atoms. The van der Waals surface area contributed by atoms with E-state index in [9.17, 15) is 9.59 Å². The van der Waals surface area contributed by atoms with Gasteiger partial charge in [0.25, 0.3) is 0 Å². The first-order chi connectivity index (χ1) is 9.72. The second-order valence-electron chi connectivity index (χ2n) is 5.47. The van der Waals surface area contributed by atoms with Gasteiger partial charge in [-0.25, -0.2) is 4.79 Å². The number of benzene rings is 1. The molecule has 1 aromatic rings. The Kier molecular flexibility index (Phi) is 3.58. The smallest absolute Gasteiger partial charge is 0.410 e. The fourth-order valence-corrected chi connectivity index (χ4v) is 2.92. The van der Waals surface area contributed by atoms with Gasteiger partial charge in [0.1, 0.15) is 6.61 Å². The Morgan fingerprint density at radius 3 is 2.80 bits per heavy atom. The van der Waals surface area contributed by atoms with Crippen molar-refractivity contribution in [3.8, 4) is 0 Å². The zero-order chi connectivity index (χ0) is 13.9. The van der Waals surface area contributed by atoms with Crippen LogP contribution in [0, 0.1) is 11.8 Å². The first-order valence-electron chi connectivity index (χ1n) is 6.94. The lowest BCUT2D eigenvalue weighted by Crippen LogP contribution is -2.40. The number of fused-ring (bicyclic) bond motifs is 1.